The van der Waals surface area contributed by atoms with Gasteiger partial charge < -0.3 is 10.5 Å². The van der Waals surface area contributed by atoms with Crippen molar-refractivity contribution in [1.29, 1.82) is 5.41 Å². The Bertz CT molecular complexity index is 711. The zero-order valence-corrected chi connectivity index (χ0v) is 11.1. The van der Waals surface area contributed by atoms with Gasteiger partial charge in [-0.25, -0.2) is 13.8 Å². The molecule has 1 aliphatic carbocycles. The summed E-state index contributed by atoms with van der Waals surface area (Å²) >= 11 is 0. The Balaban J connectivity index is 2.03. The van der Waals surface area contributed by atoms with Gasteiger partial charge in [-0.15, -0.1) is 0 Å². The summed E-state index contributed by atoms with van der Waals surface area (Å²) in [5.74, 6) is -1.58. The average Bonchev–Trinajstić information content (AvgIpc) is 2.83. The second kappa shape index (κ2) is 5.12. The Morgan fingerprint density at radius 3 is 2.52 bits per heavy atom. The van der Waals surface area contributed by atoms with Crippen molar-refractivity contribution in [2.24, 2.45) is 5.73 Å². The Labute approximate surface area is 120 Å². The fourth-order valence-corrected chi connectivity index (χ4v) is 2.42. The van der Waals surface area contributed by atoms with Crippen molar-refractivity contribution in [1.82, 2.24) is 4.98 Å². The molecule has 0 unspecified atom stereocenters. The molecule has 6 heteroatoms. The summed E-state index contributed by atoms with van der Waals surface area (Å²) in [5, 5.41) is 7.60. The van der Waals surface area contributed by atoms with Gasteiger partial charge in [0.05, 0.1) is 5.56 Å². The summed E-state index contributed by atoms with van der Waals surface area (Å²) in [6.07, 6.45) is 2.69. The van der Waals surface area contributed by atoms with Crippen molar-refractivity contribution < 1.29 is 13.5 Å². The molecule has 0 aliphatic heterocycles. The van der Waals surface area contributed by atoms with Crippen LogP contribution >= 0.6 is 0 Å². The van der Waals surface area contributed by atoms with Crippen LogP contribution in [0.25, 0.3) is 0 Å². The van der Waals surface area contributed by atoms with Crippen molar-refractivity contribution in [3.63, 3.8) is 0 Å². The van der Waals surface area contributed by atoms with E-state index >= 15 is 0 Å². The lowest BCUT2D eigenvalue weighted by Crippen LogP contribution is -2.14. The van der Waals surface area contributed by atoms with Crippen molar-refractivity contribution in [2.75, 3.05) is 0 Å². The second-order valence-corrected chi connectivity index (χ2v) is 4.92. The van der Waals surface area contributed by atoms with Crippen molar-refractivity contribution in [2.45, 2.75) is 19.3 Å². The molecule has 0 fully saturated rings. The number of rotatable bonds is 3. The summed E-state index contributed by atoms with van der Waals surface area (Å²) < 4.78 is 31.8. The maximum atomic E-state index is 13.2. The molecule has 0 bridgehead atoms. The third kappa shape index (κ3) is 2.69. The molecule has 3 N–H and O–H groups in total. The molecule has 2 aromatic rings. The molecular weight excluding hydrogens is 276 g/mol. The van der Waals surface area contributed by atoms with Gasteiger partial charge >= 0.3 is 0 Å². The smallest absolute Gasteiger partial charge is 0.230 e. The van der Waals surface area contributed by atoms with Gasteiger partial charge in [0.25, 0.3) is 0 Å². The number of nitrogens with zero attached hydrogens (tertiary/aromatic N) is 1. The Kier molecular flexibility index (Phi) is 3.29. The van der Waals surface area contributed by atoms with Crippen LogP contribution in [-0.4, -0.2) is 10.8 Å². The lowest BCUT2D eigenvalue weighted by Gasteiger charge is -2.11. The van der Waals surface area contributed by atoms with Crippen molar-refractivity contribution in [3.8, 4) is 11.6 Å². The zero-order chi connectivity index (χ0) is 15.0. The molecule has 1 heterocycles. The third-order valence-corrected chi connectivity index (χ3v) is 3.36. The van der Waals surface area contributed by atoms with E-state index in [0.29, 0.717) is 5.56 Å². The monoisotopic (exact) mass is 289 g/mol. The number of halogens is 2. The second-order valence-electron chi connectivity index (χ2n) is 4.92. The van der Waals surface area contributed by atoms with Crippen LogP contribution < -0.4 is 10.5 Å². The highest BCUT2D eigenvalue weighted by atomic mass is 19.1. The highest BCUT2D eigenvalue weighted by Crippen LogP contribution is 2.30. The van der Waals surface area contributed by atoms with E-state index in [1.807, 2.05) is 0 Å². The molecule has 1 aromatic heterocycles. The highest BCUT2D eigenvalue weighted by Gasteiger charge is 2.19. The number of aromatic nitrogens is 1. The minimum atomic E-state index is -0.740. The van der Waals surface area contributed by atoms with Crippen LogP contribution in [-0.2, 0) is 12.8 Å². The van der Waals surface area contributed by atoms with E-state index in [9.17, 15) is 8.78 Å². The van der Waals surface area contributed by atoms with Crippen molar-refractivity contribution >= 4 is 5.84 Å². The fraction of sp³-hybridized carbons (Fsp3) is 0.200. The number of hydrogen-bond acceptors (Lipinski definition) is 3. The molecule has 1 aliphatic rings. The van der Waals surface area contributed by atoms with E-state index in [2.05, 4.69) is 4.98 Å². The van der Waals surface area contributed by atoms with Gasteiger partial charge in [-0.2, -0.15) is 0 Å². The molecule has 0 saturated heterocycles. The van der Waals surface area contributed by atoms with Gasteiger partial charge in [-0.1, -0.05) is 0 Å². The van der Waals surface area contributed by atoms with Gasteiger partial charge in [-0.05, 0) is 30.9 Å². The predicted octanol–water partition coefficient (Wildman–Crippen LogP) is 2.92. The van der Waals surface area contributed by atoms with Crippen LogP contribution in [0.1, 0.15) is 23.2 Å². The number of nitrogens with two attached hydrogens (primary N) is 1. The number of pyridine rings is 1. The van der Waals surface area contributed by atoms with Gasteiger partial charge in [0, 0.05) is 23.9 Å². The molecule has 0 spiro atoms. The maximum Gasteiger partial charge on any atom is 0.230 e. The molecule has 1 aromatic carbocycles. The summed E-state index contributed by atoms with van der Waals surface area (Å²) in [4.78, 5) is 4.34. The topological polar surface area (TPSA) is 72.0 Å². The lowest BCUT2D eigenvalue weighted by atomic mass is 10.1. The average molecular weight is 289 g/mol. The number of ether oxygens (including phenoxy) is 1. The van der Waals surface area contributed by atoms with E-state index in [0.717, 1.165) is 48.7 Å². The Morgan fingerprint density at radius 2 is 1.86 bits per heavy atom. The molecular formula is C15H13F2N3O. The van der Waals surface area contributed by atoms with E-state index in [-0.39, 0.29) is 17.5 Å². The summed E-state index contributed by atoms with van der Waals surface area (Å²) in [6, 6.07) is 4.64. The number of amidine groups is 1. The van der Waals surface area contributed by atoms with Crippen LogP contribution in [0.4, 0.5) is 8.78 Å². The van der Waals surface area contributed by atoms with Crippen molar-refractivity contribution in [3.05, 3.63) is 52.7 Å². The first kappa shape index (κ1) is 13.5. The molecule has 0 atom stereocenters. The standard InChI is InChI=1S/C15H13F2N3O/c16-9-5-10(17)7-11(6-9)21-15-12(14(18)19)4-8-2-1-3-13(8)20-15/h4-7H,1-3H2,(H3,18,19). The number of nitrogens with one attached hydrogen (secondary N) is 1. The van der Waals surface area contributed by atoms with E-state index in [1.165, 1.54) is 0 Å². The highest BCUT2D eigenvalue weighted by molar-refractivity contribution is 5.97. The molecule has 21 heavy (non-hydrogen) atoms. The van der Waals surface area contributed by atoms with Crippen LogP contribution in [0.15, 0.2) is 24.3 Å². The molecule has 4 nitrogen and oxygen atoms in total. The number of aryl methyl sites for hydroxylation is 2. The quantitative estimate of drug-likeness (QED) is 0.674. The predicted molar refractivity (Wildman–Crippen MR) is 73.7 cm³/mol. The Morgan fingerprint density at radius 1 is 1.14 bits per heavy atom. The van der Waals surface area contributed by atoms with Crippen LogP contribution in [0.2, 0.25) is 0 Å². The summed E-state index contributed by atoms with van der Waals surface area (Å²) in [6.45, 7) is 0. The minimum Gasteiger partial charge on any atom is -0.438 e. The lowest BCUT2D eigenvalue weighted by molar-refractivity contribution is 0.448. The fourth-order valence-electron chi connectivity index (χ4n) is 2.42. The molecule has 0 amide bonds. The van der Waals surface area contributed by atoms with Crippen LogP contribution in [0.5, 0.6) is 11.6 Å². The van der Waals surface area contributed by atoms with Gasteiger partial charge in [0.2, 0.25) is 5.88 Å². The third-order valence-electron chi connectivity index (χ3n) is 3.36. The minimum absolute atomic E-state index is 0.0135. The first-order valence-electron chi connectivity index (χ1n) is 6.54. The number of nitrogen functional groups attached to an aromatic ring is 1. The maximum absolute atomic E-state index is 13.2. The largest absolute Gasteiger partial charge is 0.438 e. The van der Waals surface area contributed by atoms with Gasteiger partial charge in [0.15, 0.2) is 0 Å². The first-order valence-corrected chi connectivity index (χ1v) is 6.54. The molecule has 3 rings (SSSR count). The summed E-state index contributed by atoms with van der Waals surface area (Å²) in [5.41, 5.74) is 7.79. The SMILES string of the molecule is N=C(N)c1cc2c(nc1Oc1cc(F)cc(F)c1)CCC2. The first-order chi connectivity index (χ1) is 10.0. The molecule has 0 radical (unpaired) electrons. The molecule has 0 saturated carbocycles. The van der Waals surface area contributed by atoms with E-state index < -0.39 is 11.6 Å². The van der Waals surface area contributed by atoms with Gasteiger partial charge in [0.1, 0.15) is 23.2 Å². The number of benzene rings is 1. The van der Waals surface area contributed by atoms with E-state index in [1.54, 1.807) is 6.07 Å². The van der Waals surface area contributed by atoms with Crippen LogP contribution in [0, 0.1) is 17.0 Å². The number of hydrogen-bond donors (Lipinski definition) is 2. The zero-order valence-electron chi connectivity index (χ0n) is 11.1. The number of fused-ring (bicyclic) bond motifs is 1. The Hall–Kier alpha value is -2.50. The normalized spacial score (nSPS) is 13.0. The van der Waals surface area contributed by atoms with Crippen LogP contribution in [0.3, 0.4) is 0 Å². The van der Waals surface area contributed by atoms with Gasteiger partial charge in [-0.3, -0.25) is 5.41 Å². The van der Waals surface area contributed by atoms with E-state index in [4.69, 9.17) is 15.9 Å². The summed E-state index contributed by atoms with van der Waals surface area (Å²) in [7, 11) is 0. The molecule has 108 valence electrons.